The third kappa shape index (κ3) is 3.33. The molecule has 1 N–H and O–H groups in total. The number of likely N-dealkylation sites (N-methyl/N-ethyl adjacent to an activating group) is 1. The molecule has 19 heavy (non-hydrogen) atoms. The molecule has 1 aromatic carbocycles. The predicted octanol–water partition coefficient (Wildman–Crippen LogP) is 1.60. The van der Waals surface area contributed by atoms with Crippen molar-refractivity contribution in [2.24, 2.45) is 0 Å². The molecule has 104 valence electrons. The van der Waals surface area contributed by atoms with E-state index in [0.717, 1.165) is 19.6 Å². The third-order valence-corrected chi connectivity index (χ3v) is 3.95. The van der Waals surface area contributed by atoms with Crippen LogP contribution >= 0.6 is 0 Å². The Hall–Kier alpha value is -1.39. The van der Waals surface area contributed by atoms with Gasteiger partial charge in [0, 0.05) is 30.7 Å². The zero-order valence-electron chi connectivity index (χ0n) is 11.9. The predicted molar refractivity (Wildman–Crippen MR) is 75.6 cm³/mol. The van der Waals surface area contributed by atoms with Gasteiger partial charge in [-0.25, -0.2) is 0 Å². The molecule has 4 nitrogen and oxygen atoms in total. The molecule has 0 unspecified atom stereocenters. The molecule has 1 fully saturated rings. The van der Waals surface area contributed by atoms with Crippen molar-refractivity contribution in [1.82, 2.24) is 9.80 Å². The average molecular weight is 262 g/mol. The van der Waals surface area contributed by atoms with Gasteiger partial charge in [-0.15, -0.1) is 0 Å². The Kier molecular flexibility index (Phi) is 3.92. The number of phenolic OH excluding ortho intramolecular Hbond substituents is 1. The van der Waals surface area contributed by atoms with Crippen LogP contribution in [0.1, 0.15) is 24.2 Å². The van der Waals surface area contributed by atoms with Crippen LogP contribution in [0, 0.1) is 0 Å². The van der Waals surface area contributed by atoms with E-state index in [-0.39, 0.29) is 17.1 Å². The Morgan fingerprint density at radius 3 is 2.47 bits per heavy atom. The molecule has 1 aromatic rings. The van der Waals surface area contributed by atoms with Gasteiger partial charge in [-0.2, -0.15) is 0 Å². The van der Waals surface area contributed by atoms with Crippen molar-refractivity contribution >= 4 is 5.78 Å². The van der Waals surface area contributed by atoms with Crippen LogP contribution in [0.5, 0.6) is 5.75 Å². The molecule has 1 aliphatic rings. The van der Waals surface area contributed by atoms with Crippen molar-refractivity contribution in [3.63, 3.8) is 0 Å². The minimum Gasteiger partial charge on any atom is -0.508 e. The second kappa shape index (κ2) is 5.31. The summed E-state index contributed by atoms with van der Waals surface area (Å²) in [5.41, 5.74) is 0.766. The van der Waals surface area contributed by atoms with Crippen molar-refractivity contribution in [3.8, 4) is 5.75 Å². The molecule has 1 saturated heterocycles. The van der Waals surface area contributed by atoms with Crippen molar-refractivity contribution in [3.05, 3.63) is 29.8 Å². The summed E-state index contributed by atoms with van der Waals surface area (Å²) in [7, 11) is 2.12. The minimum atomic E-state index is 0.105. The largest absolute Gasteiger partial charge is 0.508 e. The quantitative estimate of drug-likeness (QED) is 0.840. The Morgan fingerprint density at radius 1 is 1.26 bits per heavy atom. The van der Waals surface area contributed by atoms with Crippen molar-refractivity contribution < 1.29 is 9.90 Å². The van der Waals surface area contributed by atoms with Crippen LogP contribution in [0.15, 0.2) is 24.3 Å². The van der Waals surface area contributed by atoms with Gasteiger partial charge in [0.2, 0.25) is 0 Å². The summed E-state index contributed by atoms with van der Waals surface area (Å²) < 4.78 is 0. The van der Waals surface area contributed by atoms with Gasteiger partial charge in [0.15, 0.2) is 5.78 Å². The zero-order chi connectivity index (χ0) is 14.0. The van der Waals surface area contributed by atoms with Gasteiger partial charge < -0.3 is 5.11 Å². The lowest BCUT2D eigenvalue weighted by molar-refractivity contribution is 0.0390. The summed E-state index contributed by atoms with van der Waals surface area (Å²) in [6.07, 6.45) is 0. The van der Waals surface area contributed by atoms with E-state index in [9.17, 15) is 9.90 Å². The Balaban J connectivity index is 1.98. The van der Waals surface area contributed by atoms with Gasteiger partial charge in [0.05, 0.1) is 6.54 Å². The van der Waals surface area contributed by atoms with E-state index in [1.807, 2.05) is 0 Å². The Bertz CT molecular complexity index is 454. The number of Topliss-reactive ketones (excluding diaryl/α,β-unsaturated/α-hetero) is 1. The maximum atomic E-state index is 12.2. The van der Waals surface area contributed by atoms with Crippen molar-refractivity contribution in [2.75, 3.05) is 33.2 Å². The first-order valence-corrected chi connectivity index (χ1v) is 6.64. The lowest BCUT2D eigenvalue weighted by atomic mass is 9.99. The highest BCUT2D eigenvalue weighted by Crippen LogP contribution is 2.19. The summed E-state index contributed by atoms with van der Waals surface area (Å²) in [5, 5.41) is 9.23. The first-order chi connectivity index (χ1) is 8.88. The molecule has 4 heteroatoms. The van der Waals surface area contributed by atoms with Crippen LogP contribution in [-0.4, -0.2) is 59.5 Å². The van der Waals surface area contributed by atoms with Crippen LogP contribution in [-0.2, 0) is 0 Å². The second-order valence-electron chi connectivity index (χ2n) is 5.91. The van der Waals surface area contributed by atoms with Gasteiger partial charge in [0.1, 0.15) is 5.75 Å². The molecule has 0 amide bonds. The average Bonchev–Trinajstić information content (AvgIpc) is 2.34. The highest BCUT2D eigenvalue weighted by Gasteiger charge is 2.31. The monoisotopic (exact) mass is 262 g/mol. The normalized spacial score (nSPS) is 20.4. The number of aromatic hydroxyl groups is 1. The first-order valence-electron chi connectivity index (χ1n) is 6.64. The molecule has 1 heterocycles. The van der Waals surface area contributed by atoms with E-state index in [0.29, 0.717) is 12.1 Å². The van der Waals surface area contributed by atoms with Crippen LogP contribution in [0.4, 0.5) is 0 Å². The number of hydrogen-bond acceptors (Lipinski definition) is 4. The molecule has 0 saturated carbocycles. The van der Waals surface area contributed by atoms with E-state index in [1.54, 1.807) is 24.3 Å². The second-order valence-corrected chi connectivity index (χ2v) is 5.91. The van der Waals surface area contributed by atoms with Crippen LogP contribution < -0.4 is 0 Å². The number of benzene rings is 1. The third-order valence-electron chi connectivity index (χ3n) is 3.95. The summed E-state index contributed by atoms with van der Waals surface area (Å²) in [6.45, 7) is 7.64. The number of carbonyl (C=O) groups excluding carboxylic acids is 1. The highest BCUT2D eigenvalue weighted by molar-refractivity contribution is 5.97. The molecule has 0 aromatic heterocycles. The molecule has 0 radical (unpaired) electrons. The topological polar surface area (TPSA) is 43.8 Å². The lowest BCUT2D eigenvalue weighted by Crippen LogP contribution is -2.58. The molecule has 0 spiro atoms. The molecule has 0 atom stereocenters. The summed E-state index contributed by atoms with van der Waals surface area (Å²) in [5.74, 6) is 0.303. The number of carbonyl (C=O) groups is 1. The fraction of sp³-hybridized carbons (Fsp3) is 0.533. The van der Waals surface area contributed by atoms with Crippen LogP contribution in [0.2, 0.25) is 0 Å². The van der Waals surface area contributed by atoms with Gasteiger partial charge in [-0.1, -0.05) is 0 Å². The fourth-order valence-electron chi connectivity index (χ4n) is 2.42. The maximum Gasteiger partial charge on any atom is 0.176 e. The van der Waals surface area contributed by atoms with Gasteiger partial charge in [0.25, 0.3) is 0 Å². The van der Waals surface area contributed by atoms with E-state index in [2.05, 4.69) is 30.7 Å². The van der Waals surface area contributed by atoms with Crippen molar-refractivity contribution in [1.29, 1.82) is 0 Å². The lowest BCUT2D eigenvalue weighted by Gasteiger charge is -2.45. The molecular weight excluding hydrogens is 240 g/mol. The van der Waals surface area contributed by atoms with Crippen LogP contribution in [0.3, 0.4) is 0 Å². The van der Waals surface area contributed by atoms with E-state index < -0.39 is 0 Å². The van der Waals surface area contributed by atoms with Gasteiger partial charge in [-0.3, -0.25) is 14.6 Å². The fourth-order valence-corrected chi connectivity index (χ4v) is 2.42. The number of nitrogens with zero attached hydrogens (tertiary/aromatic N) is 2. The number of phenols is 1. The molecule has 0 aliphatic carbocycles. The van der Waals surface area contributed by atoms with E-state index in [4.69, 9.17) is 0 Å². The number of piperazine rings is 1. The Morgan fingerprint density at radius 2 is 1.89 bits per heavy atom. The van der Waals surface area contributed by atoms with Crippen LogP contribution in [0.25, 0.3) is 0 Å². The first kappa shape index (κ1) is 14.0. The van der Waals surface area contributed by atoms with Crippen molar-refractivity contribution in [2.45, 2.75) is 19.4 Å². The minimum absolute atomic E-state index is 0.105. The highest BCUT2D eigenvalue weighted by atomic mass is 16.3. The summed E-state index contributed by atoms with van der Waals surface area (Å²) >= 11 is 0. The standard InChI is InChI=1S/C15H22N2O2/c1-15(2)11-17(9-8-16(15)3)10-14(19)12-4-6-13(18)7-5-12/h4-7,18H,8-11H2,1-3H3. The number of ketones is 1. The Labute approximate surface area is 114 Å². The van der Waals surface area contributed by atoms with Gasteiger partial charge >= 0.3 is 0 Å². The smallest absolute Gasteiger partial charge is 0.176 e. The summed E-state index contributed by atoms with van der Waals surface area (Å²) in [4.78, 5) is 16.7. The van der Waals surface area contributed by atoms with E-state index in [1.165, 1.54) is 0 Å². The number of rotatable bonds is 3. The summed E-state index contributed by atoms with van der Waals surface area (Å²) in [6, 6.07) is 6.47. The molecular formula is C15H22N2O2. The number of hydrogen-bond donors (Lipinski definition) is 1. The zero-order valence-corrected chi connectivity index (χ0v) is 11.9. The van der Waals surface area contributed by atoms with E-state index >= 15 is 0 Å². The maximum absolute atomic E-state index is 12.2. The molecule has 1 aliphatic heterocycles. The molecule has 0 bridgehead atoms. The SMILES string of the molecule is CN1CCN(CC(=O)c2ccc(O)cc2)CC1(C)C. The molecule has 2 rings (SSSR count). The van der Waals surface area contributed by atoms with Gasteiger partial charge in [-0.05, 0) is 45.2 Å².